The number of hydrogen-bond acceptors (Lipinski definition) is 4. The molecule has 5 nitrogen and oxygen atoms in total. The smallest absolute Gasteiger partial charge is 0.216 e. The van der Waals surface area contributed by atoms with Gasteiger partial charge in [0, 0.05) is 42.1 Å². The van der Waals surface area contributed by atoms with Gasteiger partial charge in [0.1, 0.15) is 0 Å². The van der Waals surface area contributed by atoms with Gasteiger partial charge < -0.3 is 8.98 Å². The molecule has 0 saturated carbocycles. The first kappa shape index (κ1) is 39.2. The van der Waals surface area contributed by atoms with Crippen LogP contribution in [0, 0.1) is 19.1 Å². The average molecular weight is 992 g/mol. The third-order valence-corrected chi connectivity index (χ3v) is 15.0. The monoisotopic (exact) mass is 993 g/mol. The Bertz CT molecular complexity index is 3040. The maximum absolute atomic E-state index is 6.56. The van der Waals surface area contributed by atoms with Crippen molar-refractivity contribution in [1.82, 2.24) is 19.5 Å². The summed E-state index contributed by atoms with van der Waals surface area (Å²) in [5, 5.41) is 4.36. The number of pyridine rings is 2. The Kier molecular flexibility index (Phi) is 11.0. The Hall–Kier alpha value is -5.66. The van der Waals surface area contributed by atoms with Crippen LogP contribution in [0.1, 0.15) is 18.1 Å². The van der Waals surface area contributed by atoms with E-state index in [1.807, 2.05) is 48.5 Å². The minimum Gasteiger partial charge on any atom is -0.486 e. The molecule has 0 atom stereocenters. The molecular weight excluding hydrogens is 949 g/mol. The second-order valence-corrected chi connectivity index (χ2v) is 26.0. The van der Waals surface area contributed by atoms with Crippen LogP contribution >= 0.6 is 0 Å². The minimum absolute atomic E-state index is 0. The van der Waals surface area contributed by atoms with Crippen molar-refractivity contribution in [3.8, 4) is 39.6 Å². The summed E-state index contributed by atoms with van der Waals surface area (Å²) < 4.78 is 10.3. The summed E-state index contributed by atoms with van der Waals surface area (Å²) in [4.78, 5) is 14.7. The van der Waals surface area contributed by atoms with E-state index in [4.69, 9.17) is 14.4 Å². The van der Waals surface area contributed by atoms with Gasteiger partial charge in [0.15, 0.2) is 0 Å². The van der Waals surface area contributed by atoms with Crippen LogP contribution in [0.2, 0.25) is 17.3 Å². The molecule has 0 saturated heterocycles. The molecule has 10 aromatic rings. The third-order valence-electron chi connectivity index (χ3n) is 10.6. The Labute approximate surface area is 355 Å². The zero-order chi connectivity index (χ0) is 39.1. The molecule has 0 fully saturated rings. The SMILES string of the molecule is CCc1cc(-c2[c-]cccc2)nc[c]1[Ge]([CH3])([CH3])[CH3].Cc1c[c-]c(-c2nc3ccc4ccccc4c3n2-c2ccccc2)c2oc3nc(-c4ccccc4)ccc3c12.[Ir]. The van der Waals surface area contributed by atoms with Crippen molar-refractivity contribution in [3.63, 3.8) is 0 Å². The first-order chi connectivity index (χ1) is 27.8. The maximum atomic E-state index is 6.56. The molecule has 0 unspecified atom stereocenters. The first-order valence-electron chi connectivity index (χ1n) is 19.5. The summed E-state index contributed by atoms with van der Waals surface area (Å²) >= 11 is -1.80. The summed E-state index contributed by atoms with van der Waals surface area (Å²) in [6.45, 7) is 4.32. The quantitative estimate of drug-likeness (QED) is 0.123. The van der Waals surface area contributed by atoms with Gasteiger partial charge in [-0.15, -0.1) is 17.7 Å². The molecule has 0 aliphatic rings. The van der Waals surface area contributed by atoms with Crippen molar-refractivity contribution in [2.75, 3.05) is 0 Å². The predicted molar refractivity (Wildman–Crippen MR) is 239 cm³/mol. The Morgan fingerprint density at radius 1 is 0.724 bits per heavy atom. The molecule has 4 heterocycles. The van der Waals surface area contributed by atoms with Gasteiger partial charge in [-0.25, -0.2) is 4.98 Å². The standard InChI is InChI=1S/C35H22N3O.C16H20GeN.Ir/c1-22-16-18-28(33-31(22)27-19-21-29(37-35(27)39-33)24-11-4-2-5-12-24)34-36-30-20-17-23-10-8-9-15-26(23)32(30)38(34)25-13-6-3-7-14-25;1-5-13-11-16(14-9-7-6-8-10-14)18-12-15(13)17(2,3)4;/h2-17,19-21H,1H3;6-9,11-12H,5H2,1-4H3;/q2*-1;. The van der Waals surface area contributed by atoms with Gasteiger partial charge in [0.25, 0.3) is 0 Å². The van der Waals surface area contributed by atoms with Crippen LogP contribution in [0.4, 0.5) is 0 Å². The topological polar surface area (TPSA) is 56.7 Å². The summed E-state index contributed by atoms with van der Waals surface area (Å²) in [6.07, 6.45) is 3.19. The number of aryl methyl sites for hydroxylation is 2. The van der Waals surface area contributed by atoms with Crippen LogP contribution in [-0.4, -0.2) is 32.8 Å². The molecule has 58 heavy (non-hydrogen) atoms. The number of hydrogen-bond donors (Lipinski definition) is 0. The van der Waals surface area contributed by atoms with Crippen molar-refractivity contribution in [3.05, 3.63) is 175 Å². The Morgan fingerprint density at radius 2 is 1.47 bits per heavy atom. The molecule has 287 valence electrons. The summed E-state index contributed by atoms with van der Waals surface area (Å²) in [7, 11) is 0. The number of furan rings is 1. The fraction of sp³-hybridized carbons (Fsp3) is 0.118. The second-order valence-electron chi connectivity index (χ2n) is 15.4. The fourth-order valence-electron chi connectivity index (χ4n) is 7.80. The number of fused-ring (bicyclic) bond motifs is 6. The number of para-hydroxylation sites is 1. The normalized spacial score (nSPS) is 11.5. The Morgan fingerprint density at radius 3 is 2.21 bits per heavy atom. The maximum Gasteiger partial charge on any atom is 0.216 e. The number of imidazole rings is 1. The van der Waals surface area contributed by atoms with Crippen molar-refractivity contribution in [2.24, 2.45) is 0 Å². The van der Waals surface area contributed by atoms with E-state index < -0.39 is 13.3 Å². The predicted octanol–water partition coefficient (Wildman–Crippen LogP) is 12.6. The van der Waals surface area contributed by atoms with Crippen LogP contribution in [-0.2, 0) is 26.5 Å². The van der Waals surface area contributed by atoms with Gasteiger partial charge >= 0.3 is 113 Å². The summed E-state index contributed by atoms with van der Waals surface area (Å²) in [5.74, 6) is 8.05. The van der Waals surface area contributed by atoms with Crippen LogP contribution in [0.5, 0.6) is 0 Å². The van der Waals surface area contributed by atoms with Crippen molar-refractivity contribution < 1.29 is 24.5 Å². The van der Waals surface area contributed by atoms with E-state index in [1.54, 1.807) is 0 Å². The van der Waals surface area contributed by atoms with Gasteiger partial charge in [-0.2, -0.15) is 0 Å². The largest absolute Gasteiger partial charge is 0.486 e. The van der Waals surface area contributed by atoms with Gasteiger partial charge in [0.2, 0.25) is 5.71 Å². The number of rotatable bonds is 6. The van der Waals surface area contributed by atoms with Gasteiger partial charge in [0.05, 0.1) is 28.1 Å². The summed E-state index contributed by atoms with van der Waals surface area (Å²) in [5.41, 5.74) is 11.8. The molecule has 0 spiro atoms. The number of benzene rings is 6. The Balaban J connectivity index is 0.000000209. The number of aromatic nitrogens is 4. The molecular formula is C51H42GeIrN4O-2. The molecule has 1 radical (unpaired) electrons. The molecule has 10 rings (SSSR count). The van der Waals surface area contributed by atoms with Crippen LogP contribution in [0.3, 0.4) is 0 Å². The zero-order valence-corrected chi connectivity index (χ0v) is 37.7. The molecule has 6 aromatic carbocycles. The molecule has 0 bridgehead atoms. The molecule has 4 aromatic heterocycles. The van der Waals surface area contributed by atoms with Crippen molar-refractivity contribution >= 4 is 61.5 Å². The zero-order valence-electron chi connectivity index (χ0n) is 33.2. The molecule has 0 aliphatic carbocycles. The minimum atomic E-state index is -1.80. The van der Waals surface area contributed by atoms with Crippen LogP contribution in [0.25, 0.3) is 83.5 Å². The summed E-state index contributed by atoms with van der Waals surface area (Å²) in [6, 6.07) is 56.5. The van der Waals surface area contributed by atoms with Gasteiger partial charge in [-0.05, 0) is 35.7 Å². The van der Waals surface area contributed by atoms with Gasteiger partial charge in [-0.1, -0.05) is 96.7 Å². The molecule has 0 N–H and O–H groups in total. The van der Waals surface area contributed by atoms with Crippen molar-refractivity contribution in [1.29, 1.82) is 0 Å². The van der Waals surface area contributed by atoms with E-state index in [2.05, 4.69) is 156 Å². The second kappa shape index (κ2) is 16.3. The van der Waals surface area contributed by atoms with Crippen LogP contribution in [0.15, 0.2) is 156 Å². The van der Waals surface area contributed by atoms with E-state index in [0.717, 1.165) is 84.3 Å². The van der Waals surface area contributed by atoms with E-state index in [-0.39, 0.29) is 20.1 Å². The number of nitrogens with zero attached hydrogens (tertiary/aromatic N) is 4. The van der Waals surface area contributed by atoms with E-state index >= 15 is 0 Å². The van der Waals surface area contributed by atoms with E-state index in [0.29, 0.717) is 5.71 Å². The first-order valence-corrected chi connectivity index (χ1v) is 26.9. The van der Waals surface area contributed by atoms with Crippen LogP contribution < -0.4 is 4.40 Å². The van der Waals surface area contributed by atoms with Gasteiger partial charge in [-0.3, -0.25) is 4.98 Å². The molecule has 7 heteroatoms. The van der Waals surface area contributed by atoms with Crippen molar-refractivity contribution in [2.45, 2.75) is 37.5 Å². The van der Waals surface area contributed by atoms with E-state index in [9.17, 15) is 0 Å². The average Bonchev–Trinajstić information content (AvgIpc) is 3.84. The third kappa shape index (κ3) is 7.33. The molecule has 0 amide bonds. The molecule has 0 aliphatic heterocycles. The fourth-order valence-corrected chi connectivity index (χ4v) is 11.3. The van der Waals surface area contributed by atoms with E-state index in [1.165, 1.54) is 15.3 Å².